The number of benzene rings is 1. The first-order chi connectivity index (χ1) is 27.4. The van der Waals surface area contributed by atoms with Crippen LogP contribution in [0.1, 0.15) is 97.1 Å². The number of amides is 2. The van der Waals surface area contributed by atoms with Gasteiger partial charge in [0, 0.05) is 32.1 Å². The highest BCUT2D eigenvalue weighted by atomic mass is 16.5. The summed E-state index contributed by atoms with van der Waals surface area (Å²) in [4.78, 5) is 38.6. The Morgan fingerprint density at radius 2 is 1.46 bits per heavy atom. The number of nitrogens with zero attached hydrogens (tertiary/aromatic N) is 4. The van der Waals surface area contributed by atoms with Gasteiger partial charge < -0.3 is 35.3 Å². The summed E-state index contributed by atoms with van der Waals surface area (Å²) >= 11 is 0. The molecule has 3 aromatic rings. The van der Waals surface area contributed by atoms with Crippen LogP contribution >= 0.6 is 0 Å². The number of allylic oxidation sites excluding steroid dienone is 10. The van der Waals surface area contributed by atoms with E-state index in [9.17, 15) is 9.59 Å². The third-order valence-corrected chi connectivity index (χ3v) is 8.54. The average molecular weight is 769 g/mol. The molecule has 0 aliphatic heterocycles. The Kier molecular flexibility index (Phi) is 22.8. The lowest BCUT2D eigenvalue weighted by Gasteiger charge is -2.18. The van der Waals surface area contributed by atoms with Crippen LogP contribution in [0.15, 0.2) is 97.4 Å². The van der Waals surface area contributed by atoms with Crippen molar-refractivity contribution in [3.05, 3.63) is 103 Å². The molecule has 12 nitrogen and oxygen atoms in total. The van der Waals surface area contributed by atoms with Gasteiger partial charge in [0.05, 0.1) is 25.6 Å². The van der Waals surface area contributed by atoms with E-state index in [1.165, 1.54) is 0 Å². The molecule has 56 heavy (non-hydrogen) atoms. The number of rotatable bonds is 28. The minimum atomic E-state index is -0.533. The van der Waals surface area contributed by atoms with Crippen LogP contribution in [0.2, 0.25) is 0 Å². The van der Waals surface area contributed by atoms with E-state index in [0.717, 1.165) is 56.2 Å². The number of nitrogens with one attached hydrogen (secondary N) is 4. The highest BCUT2D eigenvalue weighted by Gasteiger charge is 2.18. The number of imidazole rings is 1. The first kappa shape index (κ1) is 45.2. The first-order valence-electron chi connectivity index (χ1n) is 20.2. The van der Waals surface area contributed by atoms with Crippen LogP contribution in [0.5, 0.6) is 0 Å². The molecule has 0 aliphatic rings. The van der Waals surface area contributed by atoms with Crippen LogP contribution in [0.4, 0.5) is 16.6 Å². The van der Waals surface area contributed by atoms with E-state index in [2.05, 4.69) is 120 Å². The summed E-state index contributed by atoms with van der Waals surface area (Å²) in [6.45, 7) is 10.4. The molecule has 2 amide bonds. The molecule has 304 valence electrons. The van der Waals surface area contributed by atoms with E-state index in [-0.39, 0.29) is 24.6 Å². The molecule has 4 N–H and O–H groups in total. The van der Waals surface area contributed by atoms with Gasteiger partial charge in [-0.15, -0.1) is 0 Å². The largest absolute Gasteiger partial charge is 0.447 e. The molecule has 0 unspecified atom stereocenters. The van der Waals surface area contributed by atoms with Gasteiger partial charge in [-0.25, -0.2) is 9.78 Å². The third-order valence-electron chi connectivity index (χ3n) is 8.54. The van der Waals surface area contributed by atoms with E-state index < -0.39 is 6.09 Å². The summed E-state index contributed by atoms with van der Waals surface area (Å²) in [5.41, 5.74) is 2.54. The van der Waals surface area contributed by atoms with Gasteiger partial charge in [0.1, 0.15) is 6.61 Å². The second-order valence-corrected chi connectivity index (χ2v) is 13.5. The summed E-state index contributed by atoms with van der Waals surface area (Å²) in [6, 6.07) is 10.1. The van der Waals surface area contributed by atoms with Crippen molar-refractivity contribution >= 4 is 34.9 Å². The Balaban J connectivity index is 1.23. The van der Waals surface area contributed by atoms with Crippen molar-refractivity contribution in [1.82, 2.24) is 30.2 Å². The van der Waals surface area contributed by atoms with Crippen LogP contribution in [0, 0.1) is 0 Å². The molecule has 12 heteroatoms. The maximum atomic E-state index is 12.4. The summed E-state index contributed by atoms with van der Waals surface area (Å²) in [5, 5.41) is 12.3. The molecule has 2 heterocycles. The standard InChI is InChI=1S/C44H64N8O4/c1-5-7-8-9-10-11-12-13-14-15-16-17-18-19-20-21-25-28-39(53)45-29-31-55-32-30-46-44(54)56-34-38(6-2)49-43-50-41(47-33-37-26-23-22-24-27-37)40-42(51-43)52(35-48-40)36(3)4/h7-8,10-11,13-14,16-17,19-20,22-24,26-27,35-36,38H,5-6,9,12,15,18,21,25,28-34H2,1-4H3,(H,45,53)(H,46,54)(H2,47,49,50,51)/b8-7-,11-10-,14-13-,17-16-,20-19-/t38-/m1/s1. The second-order valence-electron chi connectivity index (χ2n) is 13.5. The van der Waals surface area contributed by atoms with Gasteiger partial charge in [-0.05, 0) is 70.8 Å². The normalized spacial score (nSPS) is 12.6. The molecule has 0 saturated heterocycles. The molecule has 1 aromatic carbocycles. The summed E-state index contributed by atoms with van der Waals surface area (Å²) in [6.07, 6.45) is 30.8. The third kappa shape index (κ3) is 18.9. The fourth-order valence-corrected chi connectivity index (χ4v) is 5.36. The van der Waals surface area contributed by atoms with Crippen molar-refractivity contribution in [1.29, 1.82) is 0 Å². The highest BCUT2D eigenvalue weighted by Crippen LogP contribution is 2.24. The van der Waals surface area contributed by atoms with E-state index in [1.807, 2.05) is 29.7 Å². The number of anilines is 2. The van der Waals surface area contributed by atoms with Gasteiger partial charge in [-0.1, -0.05) is 105 Å². The number of aromatic nitrogens is 4. The maximum Gasteiger partial charge on any atom is 0.407 e. The van der Waals surface area contributed by atoms with E-state index in [4.69, 9.17) is 19.4 Å². The van der Waals surface area contributed by atoms with Gasteiger partial charge in [0.2, 0.25) is 11.9 Å². The van der Waals surface area contributed by atoms with E-state index >= 15 is 0 Å². The summed E-state index contributed by atoms with van der Waals surface area (Å²) in [7, 11) is 0. The zero-order chi connectivity index (χ0) is 40.1. The SMILES string of the molecule is CC/C=C\C/C=C\C/C=C\C/C=C\C/C=C\CCCC(=O)NCCOCCNC(=O)OC[C@@H](CC)Nc1nc(NCc2ccccc2)c2ncn(C(C)C)c2n1. The Labute approximate surface area is 334 Å². The Morgan fingerprint density at radius 3 is 2.11 bits per heavy atom. The van der Waals surface area contributed by atoms with Crippen LogP contribution in [0.3, 0.4) is 0 Å². The lowest BCUT2D eigenvalue weighted by Crippen LogP contribution is -2.33. The minimum Gasteiger partial charge on any atom is -0.447 e. The van der Waals surface area contributed by atoms with Gasteiger partial charge in [0.15, 0.2) is 17.0 Å². The van der Waals surface area contributed by atoms with Crippen molar-refractivity contribution in [2.75, 3.05) is 43.5 Å². The van der Waals surface area contributed by atoms with E-state index in [0.29, 0.717) is 63.0 Å². The summed E-state index contributed by atoms with van der Waals surface area (Å²) < 4.78 is 13.0. The van der Waals surface area contributed by atoms with Crippen molar-refractivity contribution in [2.24, 2.45) is 0 Å². The monoisotopic (exact) mass is 769 g/mol. The molecule has 2 aromatic heterocycles. The number of carbonyl (C=O) groups is 2. The number of ether oxygens (including phenoxy) is 2. The predicted octanol–water partition coefficient (Wildman–Crippen LogP) is 8.99. The van der Waals surface area contributed by atoms with Crippen molar-refractivity contribution in [3.8, 4) is 0 Å². The smallest absolute Gasteiger partial charge is 0.407 e. The highest BCUT2D eigenvalue weighted by molar-refractivity contribution is 5.84. The van der Waals surface area contributed by atoms with Crippen molar-refractivity contribution < 1.29 is 19.1 Å². The molecule has 0 saturated carbocycles. The molecular formula is C44H64N8O4. The number of fused-ring (bicyclic) bond motifs is 1. The van der Waals surface area contributed by atoms with Crippen LogP contribution in [0.25, 0.3) is 11.2 Å². The molecule has 0 fully saturated rings. The summed E-state index contributed by atoms with van der Waals surface area (Å²) in [5.74, 6) is 1.07. The molecule has 0 aliphatic carbocycles. The number of hydrogen-bond donors (Lipinski definition) is 4. The van der Waals surface area contributed by atoms with Crippen LogP contribution < -0.4 is 21.3 Å². The Bertz CT molecular complexity index is 1700. The second kappa shape index (κ2) is 28.2. The fraction of sp³-hybridized carbons (Fsp3) is 0.477. The number of hydrogen-bond acceptors (Lipinski definition) is 9. The lowest BCUT2D eigenvalue weighted by atomic mass is 10.2. The van der Waals surface area contributed by atoms with Crippen molar-refractivity contribution in [3.63, 3.8) is 0 Å². The zero-order valence-corrected chi connectivity index (χ0v) is 33.9. The Hall–Kier alpha value is -5.23. The zero-order valence-electron chi connectivity index (χ0n) is 33.9. The van der Waals surface area contributed by atoms with Gasteiger partial charge in [-0.2, -0.15) is 9.97 Å². The molecular weight excluding hydrogens is 705 g/mol. The predicted molar refractivity (Wildman–Crippen MR) is 229 cm³/mol. The number of unbranched alkanes of at least 4 members (excludes halogenated alkanes) is 1. The van der Waals surface area contributed by atoms with Crippen LogP contribution in [-0.2, 0) is 20.8 Å². The number of carbonyl (C=O) groups excluding carboxylic acids is 2. The molecule has 0 spiro atoms. The minimum absolute atomic E-state index is 0.0114. The quantitative estimate of drug-likeness (QED) is 0.0420. The van der Waals surface area contributed by atoms with Gasteiger partial charge >= 0.3 is 6.09 Å². The topological polar surface area (TPSA) is 144 Å². The lowest BCUT2D eigenvalue weighted by molar-refractivity contribution is -0.121. The maximum absolute atomic E-state index is 12.4. The molecule has 1 atom stereocenters. The molecule has 0 bridgehead atoms. The molecule has 0 radical (unpaired) electrons. The Morgan fingerprint density at radius 1 is 0.821 bits per heavy atom. The van der Waals surface area contributed by atoms with Crippen molar-refractivity contribution in [2.45, 2.75) is 104 Å². The van der Waals surface area contributed by atoms with Crippen LogP contribution in [-0.4, -0.2) is 70.5 Å². The van der Waals surface area contributed by atoms with Gasteiger partial charge in [-0.3, -0.25) is 4.79 Å². The molecule has 3 rings (SSSR count). The number of alkyl carbamates (subject to hydrolysis) is 1. The first-order valence-corrected chi connectivity index (χ1v) is 20.2. The average Bonchev–Trinajstić information content (AvgIpc) is 3.64. The van der Waals surface area contributed by atoms with E-state index in [1.54, 1.807) is 6.33 Å². The van der Waals surface area contributed by atoms with Gasteiger partial charge in [0.25, 0.3) is 0 Å². The fourth-order valence-electron chi connectivity index (χ4n) is 5.36.